The minimum Gasteiger partial charge on any atom is -0.324 e. The Morgan fingerprint density at radius 3 is 1.89 bits per heavy atom. The van der Waals surface area contributed by atoms with Gasteiger partial charge in [-0.3, -0.25) is 9.68 Å². The van der Waals surface area contributed by atoms with Crippen LogP contribution in [0.2, 0.25) is 0 Å². The monoisotopic (exact) mass is 132 g/mol. The molecule has 7 nitrogen and oxygen atoms in total. The van der Waals surface area contributed by atoms with Crippen LogP contribution in [0.3, 0.4) is 0 Å². The van der Waals surface area contributed by atoms with Crippen molar-refractivity contribution in [2.24, 2.45) is 10.6 Å². The van der Waals surface area contributed by atoms with Gasteiger partial charge in [-0.25, -0.2) is 9.59 Å². The van der Waals surface area contributed by atoms with Crippen molar-refractivity contribution >= 4 is 12.3 Å². The van der Waals surface area contributed by atoms with Gasteiger partial charge in [-0.2, -0.15) is 0 Å². The number of ether oxygens (including phenoxy) is 1. The Morgan fingerprint density at radius 2 is 1.44 bits per heavy atom. The maximum Gasteiger partial charge on any atom is 0.547 e. The molecule has 1 aliphatic rings. The molecule has 0 radical (unpaired) electrons. The lowest BCUT2D eigenvalue weighted by Gasteiger charge is -1.86. The SMILES string of the molecule is O=C1ON=NOC(=O)O1. The molecule has 0 unspecified atom stereocenters. The standard InChI is InChI=1S/C2N2O5/c5-1-7-2(6)9-4-3-8-1. The molecule has 0 atom stereocenters. The van der Waals surface area contributed by atoms with Gasteiger partial charge in [0.2, 0.25) is 0 Å². The molecule has 7 heteroatoms. The van der Waals surface area contributed by atoms with Gasteiger partial charge < -0.3 is 4.74 Å². The first-order valence-corrected chi connectivity index (χ1v) is 1.79. The lowest BCUT2D eigenvalue weighted by molar-refractivity contribution is 0.0670. The Labute approximate surface area is 48.1 Å². The zero-order valence-corrected chi connectivity index (χ0v) is 3.94. The minimum atomic E-state index is -1.26. The number of hydrogen-bond donors (Lipinski definition) is 0. The predicted molar refractivity (Wildman–Crippen MR) is 18.9 cm³/mol. The third kappa shape index (κ3) is 1.37. The van der Waals surface area contributed by atoms with Crippen molar-refractivity contribution in [3.8, 4) is 0 Å². The van der Waals surface area contributed by atoms with Gasteiger partial charge in [-0.15, -0.1) is 0 Å². The number of nitrogens with zero attached hydrogens (tertiary/aromatic N) is 2. The number of cyclic esters (lactones) is 2. The molecular weight excluding hydrogens is 132 g/mol. The molecule has 0 aromatic heterocycles. The smallest absolute Gasteiger partial charge is 0.324 e. The summed E-state index contributed by atoms with van der Waals surface area (Å²) in [5, 5.41) is 5.22. The van der Waals surface area contributed by atoms with Crippen LogP contribution < -0.4 is 0 Å². The molecule has 0 fully saturated rings. The van der Waals surface area contributed by atoms with Crippen molar-refractivity contribution in [2.75, 3.05) is 0 Å². The first-order valence-electron chi connectivity index (χ1n) is 1.79. The van der Waals surface area contributed by atoms with Gasteiger partial charge in [-0.05, 0) is 0 Å². The summed E-state index contributed by atoms with van der Waals surface area (Å²) in [6.07, 6.45) is -2.53. The van der Waals surface area contributed by atoms with Crippen LogP contribution in [0.25, 0.3) is 0 Å². The highest BCUT2D eigenvalue weighted by molar-refractivity contribution is 5.76. The summed E-state index contributed by atoms with van der Waals surface area (Å²) in [4.78, 5) is 27.4. The van der Waals surface area contributed by atoms with E-state index in [2.05, 4.69) is 25.0 Å². The van der Waals surface area contributed by atoms with Gasteiger partial charge in [0.1, 0.15) is 0 Å². The molecule has 1 aliphatic heterocycles. The van der Waals surface area contributed by atoms with E-state index in [1.807, 2.05) is 0 Å². The predicted octanol–water partition coefficient (Wildman–Crippen LogP) is 0.572. The van der Waals surface area contributed by atoms with E-state index < -0.39 is 12.3 Å². The third-order valence-electron chi connectivity index (χ3n) is 0.431. The van der Waals surface area contributed by atoms with E-state index in [1.54, 1.807) is 0 Å². The number of rotatable bonds is 0. The second-order valence-electron chi connectivity index (χ2n) is 0.948. The molecule has 0 saturated heterocycles. The first kappa shape index (κ1) is 5.48. The molecule has 9 heavy (non-hydrogen) atoms. The van der Waals surface area contributed by atoms with Gasteiger partial charge >= 0.3 is 12.3 Å². The number of hydrogen-bond acceptors (Lipinski definition) is 7. The molecule has 0 bridgehead atoms. The van der Waals surface area contributed by atoms with Crippen LogP contribution in [-0.2, 0) is 14.4 Å². The molecule has 0 aromatic rings. The van der Waals surface area contributed by atoms with Crippen molar-refractivity contribution in [1.82, 2.24) is 0 Å². The molecule has 0 aromatic carbocycles. The average Bonchev–Trinajstić information content (AvgIpc) is 1.93. The van der Waals surface area contributed by atoms with E-state index in [0.717, 1.165) is 0 Å². The van der Waals surface area contributed by atoms with Crippen LogP contribution in [0, 0.1) is 0 Å². The Kier molecular flexibility index (Phi) is 1.26. The van der Waals surface area contributed by atoms with E-state index in [4.69, 9.17) is 0 Å². The molecule has 0 N–H and O–H groups in total. The lowest BCUT2D eigenvalue weighted by Crippen LogP contribution is -2.07. The Balaban J connectivity index is 2.60. The van der Waals surface area contributed by atoms with Gasteiger partial charge in [0.15, 0.2) is 0 Å². The van der Waals surface area contributed by atoms with Crippen LogP contribution in [0.1, 0.15) is 0 Å². The van der Waals surface area contributed by atoms with Crippen LogP contribution in [0.15, 0.2) is 10.6 Å². The van der Waals surface area contributed by atoms with E-state index in [-0.39, 0.29) is 0 Å². The van der Waals surface area contributed by atoms with Crippen molar-refractivity contribution < 1.29 is 24.0 Å². The van der Waals surface area contributed by atoms with Crippen molar-refractivity contribution in [2.45, 2.75) is 0 Å². The van der Waals surface area contributed by atoms with Crippen molar-refractivity contribution in [3.63, 3.8) is 0 Å². The third-order valence-corrected chi connectivity index (χ3v) is 0.431. The minimum absolute atomic E-state index is 1.26. The zero-order chi connectivity index (χ0) is 6.69. The van der Waals surface area contributed by atoms with Crippen molar-refractivity contribution in [1.29, 1.82) is 0 Å². The Hall–Kier alpha value is -1.66. The van der Waals surface area contributed by atoms with Crippen molar-refractivity contribution in [3.05, 3.63) is 0 Å². The highest BCUT2D eigenvalue weighted by Gasteiger charge is 2.16. The normalized spacial score (nSPS) is 17.3. The van der Waals surface area contributed by atoms with Crippen LogP contribution >= 0.6 is 0 Å². The Bertz CT molecular complexity index is 156. The van der Waals surface area contributed by atoms with Gasteiger partial charge in [0.25, 0.3) is 0 Å². The summed E-state index contributed by atoms with van der Waals surface area (Å²) in [7, 11) is 0. The summed E-state index contributed by atoms with van der Waals surface area (Å²) < 4.78 is 3.70. The van der Waals surface area contributed by atoms with Crippen LogP contribution in [0.5, 0.6) is 0 Å². The molecule has 1 rings (SSSR count). The first-order chi connectivity index (χ1) is 4.29. The summed E-state index contributed by atoms with van der Waals surface area (Å²) in [6, 6.07) is 0. The highest BCUT2D eigenvalue weighted by atomic mass is 16.9. The van der Waals surface area contributed by atoms with Gasteiger partial charge in [0.05, 0.1) is 10.6 Å². The van der Waals surface area contributed by atoms with E-state index in [1.165, 1.54) is 0 Å². The molecular formula is C2N2O5. The van der Waals surface area contributed by atoms with Gasteiger partial charge in [0, 0.05) is 0 Å². The Morgan fingerprint density at radius 1 is 1.00 bits per heavy atom. The average molecular weight is 132 g/mol. The topological polar surface area (TPSA) is 86.5 Å². The molecule has 48 valence electrons. The molecule has 0 aliphatic carbocycles. The highest BCUT2D eigenvalue weighted by Crippen LogP contribution is 1.97. The largest absolute Gasteiger partial charge is 0.547 e. The summed E-state index contributed by atoms with van der Waals surface area (Å²) in [5.74, 6) is 0. The lowest BCUT2D eigenvalue weighted by atomic mass is 11.3. The summed E-state index contributed by atoms with van der Waals surface area (Å²) in [6.45, 7) is 0. The van der Waals surface area contributed by atoms with Gasteiger partial charge in [-0.1, -0.05) is 0 Å². The second-order valence-corrected chi connectivity index (χ2v) is 0.948. The zero-order valence-electron chi connectivity index (χ0n) is 3.94. The fraction of sp³-hybridized carbons (Fsp3) is 0. The molecule has 0 spiro atoms. The molecule has 1 heterocycles. The second kappa shape index (κ2) is 2.07. The molecule has 0 saturated carbocycles. The van der Waals surface area contributed by atoms with Crippen LogP contribution in [0.4, 0.5) is 9.59 Å². The quantitative estimate of drug-likeness (QED) is 0.355. The molecule has 0 amide bonds. The summed E-state index contributed by atoms with van der Waals surface area (Å²) in [5.41, 5.74) is 0. The van der Waals surface area contributed by atoms with E-state index in [9.17, 15) is 9.59 Å². The number of carbonyl (C=O) groups is 2. The maximum atomic E-state index is 9.99. The van der Waals surface area contributed by atoms with E-state index in [0.29, 0.717) is 0 Å². The van der Waals surface area contributed by atoms with E-state index >= 15 is 0 Å². The summed E-state index contributed by atoms with van der Waals surface area (Å²) >= 11 is 0. The van der Waals surface area contributed by atoms with Crippen LogP contribution in [-0.4, -0.2) is 12.3 Å². The number of carbonyl (C=O) groups excluding carboxylic acids is 2. The maximum absolute atomic E-state index is 9.99. The fourth-order valence-electron chi connectivity index (χ4n) is 0.205. The fourth-order valence-corrected chi connectivity index (χ4v) is 0.205.